The molecule has 2 aromatic rings. The van der Waals surface area contributed by atoms with Gasteiger partial charge in [-0.25, -0.2) is 13.2 Å². The molecule has 2 rings (SSSR count). The fourth-order valence-electron chi connectivity index (χ4n) is 2.37. The van der Waals surface area contributed by atoms with Gasteiger partial charge in [0.05, 0.1) is 0 Å². The van der Waals surface area contributed by atoms with E-state index in [4.69, 9.17) is 5.73 Å². The van der Waals surface area contributed by atoms with E-state index >= 15 is 0 Å². The van der Waals surface area contributed by atoms with Crippen LogP contribution in [0.4, 0.5) is 13.2 Å². The van der Waals surface area contributed by atoms with Crippen molar-refractivity contribution < 1.29 is 13.2 Å². The predicted octanol–water partition coefficient (Wildman–Crippen LogP) is 3.24. The maximum Gasteiger partial charge on any atom is 0.126 e. The minimum atomic E-state index is -0.636. The van der Waals surface area contributed by atoms with Crippen LogP contribution >= 0.6 is 0 Å². The van der Waals surface area contributed by atoms with Crippen LogP contribution in [0.3, 0.4) is 0 Å². The molecule has 5 heteroatoms. The number of nitrogens with two attached hydrogens (primary N) is 1. The quantitative estimate of drug-likeness (QED) is 0.917. The molecule has 0 spiro atoms. The monoisotopic (exact) mass is 294 g/mol. The van der Waals surface area contributed by atoms with Crippen molar-refractivity contribution in [3.63, 3.8) is 0 Å². The number of halogens is 3. The summed E-state index contributed by atoms with van der Waals surface area (Å²) in [6.45, 7) is 0.631. The summed E-state index contributed by atoms with van der Waals surface area (Å²) in [7, 11) is 1.78. The lowest BCUT2D eigenvalue weighted by molar-refractivity contribution is 0.240. The Balaban J connectivity index is 2.20. The van der Waals surface area contributed by atoms with Crippen molar-refractivity contribution in [1.29, 1.82) is 0 Å². The van der Waals surface area contributed by atoms with Crippen molar-refractivity contribution in [2.75, 3.05) is 13.6 Å². The van der Waals surface area contributed by atoms with E-state index in [1.807, 2.05) is 4.90 Å². The van der Waals surface area contributed by atoms with Gasteiger partial charge < -0.3 is 5.73 Å². The van der Waals surface area contributed by atoms with E-state index in [1.165, 1.54) is 24.3 Å². The molecular formula is C16H17F3N2. The van der Waals surface area contributed by atoms with Gasteiger partial charge in [-0.1, -0.05) is 12.1 Å². The van der Waals surface area contributed by atoms with E-state index in [0.29, 0.717) is 12.1 Å². The summed E-state index contributed by atoms with van der Waals surface area (Å²) in [6, 6.07) is 9.22. The Morgan fingerprint density at radius 1 is 1.00 bits per heavy atom. The van der Waals surface area contributed by atoms with E-state index in [-0.39, 0.29) is 18.4 Å². The van der Waals surface area contributed by atoms with Crippen molar-refractivity contribution in [2.24, 2.45) is 5.73 Å². The van der Waals surface area contributed by atoms with Crippen LogP contribution in [0.15, 0.2) is 42.5 Å². The molecule has 0 aliphatic carbocycles. The smallest absolute Gasteiger partial charge is 0.126 e. The third kappa shape index (κ3) is 4.06. The standard InChI is InChI=1S/C16H17F3N2/c1-21(10-11-3-2-4-13(17)5-11)16(9-20)12-6-14(18)8-15(19)7-12/h2-8,16H,9-10,20H2,1H3. The Morgan fingerprint density at radius 2 is 1.67 bits per heavy atom. The molecule has 0 aliphatic rings. The number of nitrogens with zero attached hydrogens (tertiary/aromatic N) is 1. The summed E-state index contributed by atoms with van der Waals surface area (Å²) in [5.74, 6) is -1.59. The molecule has 0 aliphatic heterocycles. The van der Waals surface area contributed by atoms with E-state index < -0.39 is 11.6 Å². The zero-order valence-corrected chi connectivity index (χ0v) is 11.7. The van der Waals surface area contributed by atoms with Crippen LogP contribution in [-0.4, -0.2) is 18.5 Å². The van der Waals surface area contributed by atoms with Gasteiger partial charge in [-0.05, 0) is 42.4 Å². The second kappa shape index (κ2) is 6.74. The van der Waals surface area contributed by atoms with Crippen molar-refractivity contribution in [3.8, 4) is 0 Å². The number of benzene rings is 2. The number of hydrogen-bond acceptors (Lipinski definition) is 2. The van der Waals surface area contributed by atoms with Gasteiger partial charge in [-0.15, -0.1) is 0 Å². The van der Waals surface area contributed by atoms with E-state index in [1.54, 1.807) is 19.2 Å². The molecule has 2 nitrogen and oxygen atoms in total. The topological polar surface area (TPSA) is 29.3 Å². The van der Waals surface area contributed by atoms with Crippen molar-refractivity contribution >= 4 is 0 Å². The molecular weight excluding hydrogens is 277 g/mol. The molecule has 1 atom stereocenters. The fourth-order valence-corrected chi connectivity index (χ4v) is 2.37. The molecule has 1 unspecified atom stereocenters. The molecule has 0 aromatic heterocycles. The second-order valence-corrected chi connectivity index (χ2v) is 5.00. The maximum atomic E-state index is 13.3. The summed E-state index contributed by atoms with van der Waals surface area (Å²) < 4.78 is 39.8. The largest absolute Gasteiger partial charge is 0.329 e. The summed E-state index contributed by atoms with van der Waals surface area (Å²) >= 11 is 0. The normalized spacial score (nSPS) is 12.7. The lowest BCUT2D eigenvalue weighted by atomic mass is 10.0. The van der Waals surface area contributed by atoms with Gasteiger partial charge >= 0.3 is 0 Å². The third-order valence-corrected chi connectivity index (χ3v) is 3.35. The zero-order chi connectivity index (χ0) is 15.4. The van der Waals surface area contributed by atoms with E-state index in [9.17, 15) is 13.2 Å². The Hall–Kier alpha value is -1.85. The number of rotatable bonds is 5. The van der Waals surface area contributed by atoms with Crippen molar-refractivity contribution in [3.05, 3.63) is 71.0 Å². The summed E-state index contributed by atoms with van der Waals surface area (Å²) in [6.07, 6.45) is 0. The molecule has 21 heavy (non-hydrogen) atoms. The highest BCUT2D eigenvalue weighted by Gasteiger charge is 2.17. The first-order valence-corrected chi connectivity index (χ1v) is 6.60. The summed E-state index contributed by atoms with van der Waals surface area (Å²) in [5, 5.41) is 0. The third-order valence-electron chi connectivity index (χ3n) is 3.35. The predicted molar refractivity (Wildman–Crippen MR) is 76.0 cm³/mol. The fraction of sp³-hybridized carbons (Fsp3) is 0.250. The SMILES string of the molecule is CN(Cc1cccc(F)c1)C(CN)c1cc(F)cc(F)c1. The molecule has 2 aromatic carbocycles. The summed E-state index contributed by atoms with van der Waals surface area (Å²) in [4.78, 5) is 1.84. The first kappa shape index (κ1) is 15.5. The highest BCUT2D eigenvalue weighted by Crippen LogP contribution is 2.22. The Labute approximate surface area is 122 Å². The van der Waals surface area contributed by atoms with Crippen LogP contribution in [0, 0.1) is 17.5 Å². The van der Waals surface area contributed by atoms with E-state index in [0.717, 1.165) is 11.6 Å². The Bertz CT molecular complexity index is 596. The van der Waals surface area contributed by atoms with Crippen LogP contribution in [0.5, 0.6) is 0 Å². The second-order valence-electron chi connectivity index (χ2n) is 5.00. The van der Waals surface area contributed by atoms with Crippen molar-refractivity contribution in [2.45, 2.75) is 12.6 Å². The van der Waals surface area contributed by atoms with E-state index in [2.05, 4.69) is 0 Å². The average Bonchev–Trinajstić information content (AvgIpc) is 2.38. The maximum absolute atomic E-state index is 13.3. The van der Waals surface area contributed by atoms with Crippen LogP contribution in [-0.2, 0) is 6.54 Å². The average molecular weight is 294 g/mol. The van der Waals surface area contributed by atoms with Crippen LogP contribution in [0.2, 0.25) is 0 Å². The Morgan fingerprint density at radius 3 is 2.24 bits per heavy atom. The van der Waals surface area contributed by atoms with Gasteiger partial charge in [-0.3, -0.25) is 4.90 Å². The van der Waals surface area contributed by atoms with Gasteiger partial charge in [0.15, 0.2) is 0 Å². The van der Waals surface area contributed by atoms with Gasteiger partial charge in [0.2, 0.25) is 0 Å². The number of likely N-dealkylation sites (N-methyl/N-ethyl adjacent to an activating group) is 1. The van der Waals surface area contributed by atoms with Gasteiger partial charge in [0, 0.05) is 25.2 Å². The van der Waals surface area contributed by atoms with Crippen LogP contribution < -0.4 is 5.73 Å². The molecule has 0 fully saturated rings. The molecule has 0 radical (unpaired) electrons. The molecule has 0 saturated heterocycles. The molecule has 0 amide bonds. The summed E-state index contributed by atoms with van der Waals surface area (Å²) in [5.41, 5.74) is 6.97. The highest BCUT2D eigenvalue weighted by molar-refractivity contribution is 5.23. The van der Waals surface area contributed by atoms with Crippen molar-refractivity contribution in [1.82, 2.24) is 4.90 Å². The minimum absolute atomic E-state index is 0.203. The Kier molecular flexibility index (Phi) is 4.98. The lowest BCUT2D eigenvalue weighted by Gasteiger charge is -2.27. The van der Waals surface area contributed by atoms with Gasteiger partial charge in [-0.2, -0.15) is 0 Å². The van der Waals surface area contributed by atoms with Gasteiger partial charge in [0.1, 0.15) is 17.5 Å². The molecule has 0 heterocycles. The first-order chi connectivity index (χ1) is 9.99. The van der Waals surface area contributed by atoms with Crippen LogP contribution in [0.25, 0.3) is 0 Å². The zero-order valence-electron chi connectivity index (χ0n) is 11.7. The van der Waals surface area contributed by atoms with Gasteiger partial charge in [0.25, 0.3) is 0 Å². The highest BCUT2D eigenvalue weighted by atomic mass is 19.1. The minimum Gasteiger partial charge on any atom is -0.329 e. The molecule has 0 bridgehead atoms. The number of hydrogen-bond donors (Lipinski definition) is 1. The van der Waals surface area contributed by atoms with Crippen LogP contribution in [0.1, 0.15) is 17.2 Å². The molecule has 112 valence electrons. The molecule has 2 N–H and O–H groups in total. The molecule has 0 saturated carbocycles. The first-order valence-electron chi connectivity index (χ1n) is 6.60. The lowest BCUT2D eigenvalue weighted by Crippen LogP contribution is -2.30.